The van der Waals surface area contributed by atoms with E-state index in [2.05, 4.69) is 15.5 Å². The molecule has 0 unspecified atom stereocenters. The van der Waals surface area contributed by atoms with E-state index in [1.54, 1.807) is 24.3 Å². The van der Waals surface area contributed by atoms with Crippen molar-refractivity contribution in [2.24, 2.45) is 0 Å². The third-order valence-corrected chi connectivity index (χ3v) is 3.71. The lowest BCUT2D eigenvalue weighted by molar-refractivity contribution is -0.385. The van der Waals surface area contributed by atoms with Crippen molar-refractivity contribution in [1.82, 2.24) is 10.2 Å². The molecule has 8 nitrogen and oxygen atoms in total. The fraction of sp³-hybridized carbons (Fsp3) is 0. The monoisotopic (exact) mass is 378 g/mol. The average molecular weight is 379 g/mol. The molecule has 0 atom stereocenters. The Labute approximate surface area is 150 Å². The van der Waals surface area contributed by atoms with Gasteiger partial charge in [-0.05, 0) is 24.3 Å². The number of nitro groups is 1. The fourth-order valence-electron chi connectivity index (χ4n) is 2.03. The zero-order chi connectivity index (χ0) is 18.0. The Balaban J connectivity index is 1.87. The van der Waals surface area contributed by atoms with Gasteiger partial charge in [0.15, 0.2) is 0 Å². The second-order valence-corrected chi connectivity index (χ2v) is 5.61. The molecule has 0 spiro atoms. The summed E-state index contributed by atoms with van der Waals surface area (Å²) in [7, 11) is 0. The Hall–Kier alpha value is -2.97. The number of amides is 1. The first-order valence-electron chi connectivity index (χ1n) is 6.79. The molecule has 0 aliphatic carbocycles. The predicted molar refractivity (Wildman–Crippen MR) is 90.8 cm³/mol. The lowest BCUT2D eigenvalue weighted by Crippen LogP contribution is -2.14. The number of rotatable bonds is 4. The number of nitrogens with one attached hydrogen (secondary N) is 1. The Morgan fingerprint density at radius 3 is 2.64 bits per heavy atom. The van der Waals surface area contributed by atoms with E-state index in [9.17, 15) is 14.9 Å². The average Bonchev–Trinajstić information content (AvgIpc) is 3.03. The zero-order valence-electron chi connectivity index (χ0n) is 12.3. The zero-order valence-corrected chi connectivity index (χ0v) is 13.8. The number of hydrogen-bond donors (Lipinski definition) is 1. The number of nitrogens with zero attached hydrogens (tertiary/aromatic N) is 3. The highest BCUT2D eigenvalue weighted by Gasteiger charge is 2.22. The fourth-order valence-corrected chi connectivity index (χ4v) is 2.42. The largest absolute Gasteiger partial charge is 0.403 e. The highest BCUT2D eigenvalue weighted by Crippen LogP contribution is 2.28. The van der Waals surface area contributed by atoms with Gasteiger partial charge in [0.1, 0.15) is 5.56 Å². The van der Waals surface area contributed by atoms with Gasteiger partial charge in [-0.2, -0.15) is 0 Å². The van der Waals surface area contributed by atoms with Crippen LogP contribution in [0.2, 0.25) is 10.0 Å². The van der Waals surface area contributed by atoms with E-state index in [4.69, 9.17) is 27.6 Å². The summed E-state index contributed by atoms with van der Waals surface area (Å²) in [6.45, 7) is 0. The van der Waals surface area contributed by atoms with Crippen molar-refractivity contribution < 1.29 is 14.1 Å². The standard InChI is InChI=1S/C15H8Cl2N4O4/c16-8-5-6-12(21(23)24)10(7-8)13(22)18-15-20-19-14(25-15)9-3-1-2-4-11(9)17/h1-7H,(H,18,20,22). The highest BCUT2D eigenvalue weighted by atomic mass is 35.5. The number of carbonyl (C=O) groups is 1. The molecule has 1 heterocycles. The molecular weight excluding hydrogens is 371 g/mol. The van der Waals surface area contributed by atoms with Gasteiger partial charge < -0.3 is 4.42 Å². The SMILES string of the molecule is O=C(Nc1nnc(-c2ccccc2Cl)o1)c1cc(Cl)ccc1[N+](=O)[O-]. The molecule has 1 N–H and O–H groups in total. The predicted octanol–water partition coefficient (Wildman–Crippen LogP) is 4.20. The lowest BCUT2D eigenvalue weighted by atomic mass is 10.1. The molecule has 0 bridgehead atoms. The molecule has 25 heavy (non-hydrogen) atoms. The molecule has 0 aliphatic heterocycles. The molecule has 0 radical (unpaired) electrons. The first-order chi connectivity index (χ1) is 12.0. The van der Waals surface area contributed by atoms with Crippen LogP contribution in [0.15, 0.2) is 46.9 Å². The van der Waals surface area contributed by atoms with Crippen molar-refractivity contribution in [3.63, 3.8) is 0 Å². The summed E-state index contributed by atoms with van der Waals surface area (Å²) >= 11 is 11.8. The van der Waals surface area contributed by atoms with E-state index in [0.717, 1.165) is 6.07 Å². The maximum atomic E-state index is 12.3. The van der Waals surface area contributed by atoms with Crippen molar-refractivity contribution in [1.29, 1.82) is 0 Å². The molecule has 0 fully saturated rings. The van der Waals surface area contributed by atoms with Crippen LogP contribution in [0.1, 0.15) is 10.4 Å². The third kappa shape index (κ3) is 3.59. The van der Waals surface area contributed by atoms with Crippen LogP contribution in [0.4, 0.5) is 11.7 Å². The second-order valence-electron chi connectivity index (χ2n) is 4.76. The lowest BCUT2D eigenvalue weighted by Gasteiger charge is -2.03. The minimum absolute atomic E-state index is 0.0986. The van der Waals surface area contributed by atoms with Gasteiger partial charge in [-0.3, -0.25) is 20.2 Å². The van der Waals surface area contributed by atoms with Gasteiger partial charge >= 0.3 is 6.01 Å². The van der Waals surface area contributed by atoms with Gasteiger partial charge in [0.2, 0.25) is 0 Å². The summed E-state index contributed by atoms with van der Waals surface area (Å²) in [5.74, 6) is -0.704. The molecule has 0 saturated carbocycles. The number of hydrogen-bond acceptors (Lipinski definition) is 6. The molecule has 3 aromatic rings. The van der Waals surface area contributed by atoms with E-state index in [-0.39, 0.29) is 22.5 Å². The van der Waals surface area contributed by atoms with Crippen molar-refractivity contribution in [3.8, 4) is 11.5 Å². The molecule has 10 heteroatoms. The summed E-state index contributed by atoms with van der Waals surface area (Å²) in [4.78, 5) is 22.6. The smallest absolute Gasteiger partial charge is 0.322 e. The summed E-state index contributed by atoms with van der Waals surface area (Å²) in [6.07, 6.45) is 0. The van der Waals surface area contributed by atoms with Gasteiger partial charge in [-0.1, -0.05) is 40.4 Å². The molecule has 0 aliphatic rings. The van der Waals surface area contributed by atoms with Gasteiger partial charge in [0.05, 0.1) is 15.5 Å². The molecule has 0 saturated heterocycles. The summed E-state index contributed by atoms with van der Waals surface area (Å²) in [5.41, 5.74) is -0.131. The van der Waals surface area contributed by atoms with Crippen molar-refractivity contribution in [2.75, 3.05) is 5.32 Å². The first-order valence-corrected chi connectivity index (χ1v) is 7.55. The van der Waals surface area contributed by atoms with Crippen LogP contribution < -0.4 is 5.32 Å². The number of carbonyl (C=O) groups excluding carboxylic acids is 1. The summed E-state index contributed by atoms with van der Waals surface area (Å²) < 4.78 is 5.33. The van der Waals surface area contributed by atoms with Gasteiger partial charge in [0.25, 0.3) is 17.5 Å². The Kier molecular flexibility index (Phi) is 4.64. The van der Waals surface area contributed by atoms with Crippen molar-refractivity contribution >= 4 is 40.8 Å². The second kappa shape index (κ2) is 6.88. The Morgan fingerprint density at radius 2 is 1.92 bits per heavy atom. The van der Waals surface area contributed by atoms with Crippen LogP contribution in [0, 0.1) is 10.1 Å². The van der Waals surface area contributed by atoms with Gasteiger partial charge in [-0.25, -0.2) is 0 Å². The number of aromatic nitrogens is 2. The van der Waals surface area contributed by atoms with Crippen molar-refractivity contribution in [3.05, 3.63) is 68.2 Å². The highest BCUT2D eigenvalue weighted by molar-refractivity contribution is 6.33. The minimum Gasteiger partial charge on any atom is -0.403 e. The number of benzene rings is 2. The number of nitro benzene ring substituents is 1. The van der Waals surface area contributed by atoms with E-state index in [0.29, 0.717) is 10.6 Å². The number of halogens is 2. The minimum atomic E-state index is -0.802. The maximum absolute atomic E-state index is 12.3. The van der Waals surface area contributed by atoms with Crippen LogP contribution in [0.25, 0.3) is 11.5 Å². The quantitative estimate of drug-likeness (QED) is 0.537. The van der Waals surface area contributed by atoms with Crippen LogP contribution in [0.5, 0.6) is 0 Å². The third-order valence-electron chi connectivity index (χ3n) is 3.15. The molecule has 1 amide bonds. The molecule has 2 aromatic carbocycles. The van der Waals surface area contributed by atoms with E-state index in [1.807, 2.05) is 0 Å². The first kappa shape index (κ1) is 16.9. The van der Waals surface area contributed by atoms with Gasteiger partial charge in [0, 0.05) is 11.1 Å². The maximum Gasteiger partial charge on any atom is 0.322 e. The van der Waals surface area contributed by atoms with E-state index < -0.39 is 16.5 Å². The Morgan fingerprint density at radius 1 is 1.16 bits per heavy atom. The summed E-state index contributed by atoms with van der Waals surface area (Å²) in [6, 6.07) is 10.2. The Bertz CT molecular complexity index is 974. The van der Waals surface area contributed by atoms with Gasteiger partial charge in [-0.15, -0.1) is 5.10 Å². The van der Waals surface area contributed by atoms with Crippen LogP contribution in [-0.4, -0.2) is 21.0 Å². The molecule has 1 aromatic heterocycles. The van der Waals surface area contributed by atoms with E-state index in [1.165, 1.54) is 12.1 Å². The van der Waals surface area contributed by atoms with Crippen molar-refractivity contribution in [2.45, 2.75) is 0 Å². The normalized spacial score (nSPS) is 10.5. The topological polar surface area (TPSA) is 111 Å². The van der Waals surface area contributed by atoms with Crippen LogP contribution in [-0.2, 0) is 0 Å². The van der Waals surface area contributed by atoms with E-state index >= 15 is 0 Å². The number of anilines is 1. The molecular formula is C15H8Cl2N4O4. The van der Waals surface area contributed by atoms with Crippen LogP contribution >= 0.6 is 23.2 Å². The molecule has 126 valence electrons. The van der Waals surface area contributed by atoms with Crippen LogP contribution in [0.3, 0.4) is 0 Å². The summed E-state index contributed by atoms with van der Waals surface area (Å²) in [5, 5.41) is 21.4. The molecule has 3 rings (SSSR count).